The largest absolute Gasteiger partial charge is 0.344 e. The van der Waals surface area contributed by atoms with Gasteiger partial charge in [0.1, 0.15) is 6.04 Å². The molecule has 102 valence electrons. The minimum absolute atomic E-state index is 0.177. The number of carbonyl (C=O) groups is 2. The minimum Gasteiger partial charge on any atom is -0.344 e. The Balaban J connectivity index is 4.68. The van der Waals surface area contributed by atoms with Gasteiger partial charge in [-0.3, -0.25) is 9.59 Å². The van der Waals surface area contributed by atoms with Crippen LogP contribution in [0.3, 0.4) is 0 Å². The van der Waals surface area contributed by atoms with Gasteiger partial charge in [-0.1, -0.05) is 13.8 Å². The second kappa shape index (κ2) is 8.81. The number of nitrogens with zero attached hydrogens (tertiary/aromatic N) is 2. The molecule has 2 amide bonds. The summed E-state index contributed by atoms with van der Waals surface area (Å²) in [5.74, 6) is 0.126. The van der Waals surface area contributed by atoms with Gasteiger partial charge >= 0.3 is 0 Å². The molecule has 0 saturated carbocycles. The van der Waals surface area contributed by atoms with E-state index in [1.54, 1.807) is 4.90 Å². The van der Waals surface area contributed by atoms with Gasteiger partial charge < -0.3 is 10.2 Å². The highest BCUT2D eigenvalue weighted by atomic mass is 32.1. The van der Waals surface area contributed by atoms with Gasteiger partial charge in [-0.05, 0) is 5.92 Å². The number of nitriles is 1. The number of rotatable bonds is 7. The van der Waals surface area contributed by atoms with Crippen LogP contribution in [0.1, 0.15) is 27.2 Å². The fraction of sp³-hybridized carbons (Fsp3) is 0.750. The Bertz CT molecular complexity index is 326. The van der Waals surface area contributed by atoms with Gasteiger partial charge in [-0.2, -0.15) is 17.9 Å². The molecular weight excluding hydrogens is 250 g/mol. The summed E-state index contributed by atoms with van der Waals surface area (Å²) in [6.45, 7) is 6.33. The molecule has 1 atom stereocenters. The summed E-state index contributed by atoms with van der Waals surface area (Å²) in [6, 6.07) is 1.40. The van der Waals surface area contributed by atoms with E-state index in [9.17, 15) is 9.59 Å². The summed E-state index contributed by atoms with van der Waals surface area (Å²) >= 11 is 4.08. The number of hydrogen-bond donors (Lipinski definition) is 2. The summed E-state index contributed by atoms with van der Waals surface area (Å²) in [7, 11) is 0. The van der Waals surface area contributed by atoms with E-state index < -0.39 is 6.04 Å². The van der Waals surface area contributed by atoms with Crippen molar-refractivity contribution < 1.29 is 9.59 Å². The molecule has 6 heteroatoms. The zero-order chi connectivity index (χ0) is 14.1. The van der Waals surface area contributed by atoms with Gasteiger partial charge in [0.25, 0.3) is 0 Å². The quantitative estimate of drug-likeness (QED) is 0.673. The molecule has 0 aromatic carbocycles. The molecule has 0 rings (SSSR count). The van der Waals surface area contributed by atoms with Gasteiger partial charge in [0.2, 0.25) is 11.8 Å². The maximum atomic E-state index is 12.2. The van der Waals surface area contributed by atoms with Crippen molar-refractivity contribution in [3.05, 3.63) is 0 Å². The van der Waals surface area contributed by atoms with Crippen molar-refractivity contribution in [3.63, 3.8) is 0 Å². The highest BCUT2D eigenvalue weighted by Gasteiger charge is 2.24. The highest BCUT2D eigenvalue weighted by molar-refractivity contribution is 7.80. The third kappa shape index (κ3) is 6.50. The van der Waals surface area contributed by atoms with Crippen LogP contribution >= 0.6 is 12.6 Å². The lowest BCUT2D eigenvalue weighted by molar-refractivity contribution is -0.135. The minimum atomic E-state index is -0.622. The Hall–Kier alpha value is -1.22. The average molecular weight is 271 g/mol. The second-order valence-corrected chi connectivity index (χ2v) is 4.89. The Morgan fingerprint density at radius 1 is 1.44 bits per heavy atom. The molecule has 1 unspecified atom stereocenters. The SMILES string of the molecule is CC(=O)NC(CS)C(=O)N(CCC#N)CC(C)C. The second-order valence-electron chi connectivity index (χ2n) is 4.52. The van der Waals surface area contributed by atoms with Crippen LogP contribution in [0, 0.1) is 17.2 Å². The molecule has 0 spiro atoms. The molecule has 0 radical (unpaired) electrons. The molecule has 1 N–H and O–H groups in total. The molecule has 0 aliphatic rings. The predicted molar refractivity (Wildman–Crippen MR) is 73.1 cm³/mol. The first-order chi connectivity index (χ1) is 8.42. The van der Waals surface area contributed by atoms with E-state index in [1.807, 2.05) is 19.9 Å². The Kier molecular flexibility index (Phi) is 8.21. The molecule has 0 aliphatic heterocycles. The van der Waals surface area contributed by atoms with Crippen LogP contribution in [-0.4, -0.2) is 41.6 Å². The molecular formula is C12H21N3O2S. The summed E-state index contributed by atoms with van der Waals surface area (Å²) < 4.78 is 0. The molecule has 0 heterocycles. The summed E-state index contributed by atoms with van der Waals surface area (Å²) in [6.07, 6.45) is 0.290. The van der Waals surface area contributed by atoms with E-state index in [0.29, 0.717) is 19.0 Å². The van der Waals surface area contributed by atoms with Crippen molar-refractivity contribution in [2.24, 2.45) is 5.92 Å². The van der Waals surface area contributed by atoms with Crippen molar-refractivity contribution in [2.75, 3.05) is 18.8 Å². The van der Waals surface area contributed by atoms with Crippen LogP contribution in [0.25, 0.3) is 0 Å². The molecule has 5 nitrogen and oxygen atoms in total. The standard InChI is InChI=1S/C12H21N3O2S/c1-9(2)7-15(6-4-5-13)12(17)11(8-18)14-10(3)16/h9,11,18H,4,6-8H2,1-3H3,(H,14,16). The zero-order valence-electron chi connectivity index (χ0n) is 11.1. The van der Waals surface area contributed by atoms with E-state index >= 15 is 0 Å². The van der Waals surface area contributed by atoms with E-state index in [0.717, 1.165) is 0 Å². The average Bonchev–Trinajstić information content (AvgIpc) is 2.29. The number of hydrogen-bond acceptors (Lipinski definition) is 4. The Morgan fingerprint density at radius 2 is 2.06 bits per heavy atom. The maximum Gasteiger partial charge on any atom is 0.246 e. The molecule has 0 fully saturated rings. The van der Waals surface area contributed by atoms with Gasteiger partial charge in [-0.15, -0.1) is 0 Å². The predicted octanol–water partition coefficient (Wildman–Crippen LogP) is 0.819. The first-order valence-electron chi connectivity index (χ1n) is 5.96. The highest BCUT2D eigenvalue weighted by Crippen LogP contribution is 2.04. The first-order valence-corrected chi connectivity index (χ1v) is 6.59. The first kappa shape index (κ1) is 16.8. The summed E-state index contributed by atoms with van der Waals surface area (Å²) in [5.41, 5.74) is 0. The van der Waals surface area contributed by atoms with E-state index in [2.05, 4.69) is 17.9 Å². The van der Waals surface area contributed by atoms with E-state index in [1.165, 1.54) is 6.92 Å². The number of thiol groups is 1. The van der Waals surface area contributed by atoms with Crippen molar-refractivity contribution in [1.82, 2.24) is 10.2 Å². The molecule has 0 aromatic rings. The van der Waals surface area contributed by atoms with Crippen LogP contribution in [-0.2, 0) is 9.59 Å². The van der Waals surface area contributed by atoms with Crippen molar-refractivity contribution in [3.8, 4) is 6.07 Å². The lowest BCUT2D eigenvalue weighted by Crippen LogP contribution is -2.50. The third-order valence-electron chi connectivity index (χ3n) is 2.25. The molecule has 0 aromatic heterocycles. The third-order valence-corrected chi connectivity index (χ3v) is 2.61. The van der Waals surface area contributed by atoms with Gasteiger partial charge in [0, 0.05) is 25.8 Å². The van der Waals surface area contributed by atoms with Gasteiger partial charge in [0.15, 0.2) is 0 Å². The lowest BCUT2D eigenvalue weighted by Gasteiger charge is -2.27. The van der Waals surface area contributed by atoms with Crippen LogP contribution in [0.2, 0.25) is 0 Å². The molecule has 0 aliphatic carbocycles. The molecule has 18 heavy (non-hydrogen) atoms. The number of amides is 2. The van der Waals surface area contributed by atoms with Gasteiger partial charge in [-0.25, -0.2) is 0 Å². The normalized spacial score (nSPS) is 11.8. The molecule has 0 saturated heterocycles. The maximum absolute atomic E-state index is 12.2. The van der Waals surface area contributed by atoms with E-state index in [-0.39, 0.29) is 24.0 Å². The fourth-order valence-electron chi connectivity index (χ4n) is 1.57. The smallest absolute Gasteiger partial charge is 0.246 e. The van der Waals surface area contributed by atoms with Gasteiger partial charge in [0.05, 0.1) is 12.5 Å². The Labute approximate surface area is 114 Å². The lowest BCUT2D eigenvalue weighted by atomic mass is 10.1. The summed E-state index contributed by atoms with van der Waals surface area (Å²) in [5, 5.41) is 11.2. The number of carbonyl (C=O) groups excluding carboxylic acids is 2. The van der Waals surface area contributed by atoms with Crippen molar-refractivity contribution in [2.45, 2.75) is 33.2 Å². The monoisotopic (exact) mass is 271 g/mol. The van der Waals surface area contributed by atoms with Crippen molar-refractivity contribution in [1.29, 1.82) is 5.26 Å². The van der Waals surface area contributed by atoms with Crippen LogP contribution < -0.4 is 5.32 Å². The fourth-order valence-corrected chi connectivity index (χ4v) is 1.82. The summed E-state index contributed by atoms with van der Waals surface area (Å²) in [4.78, 5) is 24.8. The molecule has 0 bridgehead atoms. The number of nitrogens with one attached hydrogen (secondary N) is 1. The van der Waals surface area contributed by atoms with Crippen LogP contribution in [0.5, 0.6) is 0 Å². The Morgan fingerprint density at radius 3 is 2.44 bits per heavy atom. The van der Waals surface area contributed by atoms with Crippen LogP contribution in [0.4, 0.5) is 0 Å². The van der Waals surface area contributed by atoms with Crippen LogP contribution in [0.15, 0.2) is 0 Å². The topological polar surface area (TPSA) is 73.2 Å². The van der Waals surface area contributed by atoms with E-state index in [4.69, 9.17) is 5.26 Å². The zero-order valence-corrected chi connectivity index (χ0v) is 12.0. The van der Waals surface area contributed by atoms with Crippen molar-refractivity contribution >= 4 is 24.4 Å².